The largest absolute Gasteiger partial charge is 0.337 e. The smallest absolute Gasteiger partial charge is 0.333 e. The van der Waals surface area contributed by atoms with Gasteiger partial charge in [-0.1, -0.05) is 48.0 Å². The van der Waals surface area contributed by atoms with Crippen LogP contribution in [0.2, 0.25) is 5.02 Å². The van der Waals surface area contributed by atoms with Gasteiger partial charge in [-0.05, 0) is 55.0 Å². The second-order valence-electron chi connectivity index (χ2n) is 8.26. The van der Waals surface area contributed by atoms with Crippen LogP contribution in [0.25, 0.3) is 17.0 Å². The summed E-state index contributed by atoms with van der Waals surface area (Å²) >= 11 is 6.03. The van der Waals surface area contributed by atoms with Gasteiger partial charge in [0.15, 0.2) is 0 Å². The van der Waals surface area contributed by atoms with E-state index in [2.05, 4.69) is 10.6 Å². The van der Waals surface area contributed by atoms with Crippen molar-refractivity contribution in [2.45, 2.75) is 13.5 Å². The highest BCUT2D eigenvalue weighted by Crippen LogP contribution is 2.28. The number of anilines is 2. The van der Waals surface area contributed by atoms with Gasteiger partial charge >= 0.3 is 6.03 Å². The van der Waals surface area contributed by atoms with Crippen LogP contribution in [0.4, 0.5) is 16.2 Å². The molecule has 2 heterocycles. The van der Waals surface area contributed by atoms with Gasteiger partial charge in [-0.25, -0.2) is 9.69 Å². The third kappa shape index (κ3) is 4.54. The number of imide groups is 1. The topological polar surface area (TPSA) is 83.4 Å². The molecule has 8 heteroatoms. The number of nitrogens with one attached hydrogen (secondary N) is 2. The summed E-state index contributed by atoms with van der Waals surface area (Å²) in [6.07, 6.45) is 3.43. The minimum atomic E-state index is -0.551. The van der Waals surface area contributed by atoms with Crippen molar-refractivity contribution in [2.24, 2.45) is 0 Å². The Kier molecular flexibility index (Phi) is 5.84. The molecule has 0 atom stereocenters. The molecule has 174 valence electrons. The van der Waals surface area contributed by atoms with Gasteiger partial charge in [0.25, 0.3) is 5.91 Å². The van der Waals surface area contributed by atoms with Crippen molar-refractivity contribution >= 4 is 57.8 Å². The maximum atomic E-state index is 13.0. The van der Waals surface area contributed by atoms with Crippen molar-refractivity contribution in [2.75, 3.05) is 10.2 Å². The van der Waals surface area contributed by atoms with Gasteiger partial charge in [0.05, 0.1) is 5.69 Å². The highest BCUT2D eigenvalue weighted by molar-refractivity contribution is 6.32. The third-order valence-corrected chi connectivity index (χ3v) is 5.91. The van der Waals surface area contributed by atoms with E-state index in [1.165, 1.54) is 0 Å². The first-order chi connectivity index (χ1) is 16.9. The maximum Gasteiger partial charge on any atom is 0.333 e. The number of urea groups is 1. The molecule has 5 rings (SSSR count). The number of carbonyl (C=O) groups is 3. The quantitative estimate of drug-likeness (QED) is 0.296. The van der Waals surface area contributed by atoms with Crippen LogP contribution < -0.4 is 15.5 Å². The number of hydrogen-bond acceptors (Lipinski definition) is 3. The Bertz CT molecular complexity index is 1520. The van der Waals surface area contributed by atoms with Crippen molar-refractivity contribution in [3.63, 3.8) is 0 Å². The Labute approximate surface area is 206 Å². The molecule has 1 saturated heterocycles. The average molecular weight is 485 g/mol. The minimum absolute atomic E-state index is 0.0899. The number of aryl methyl sites for hydroxylation is 1. The third-order valence-electron chi connectivity index (χ3n) is 5.68. The number of nitrogens with zero attached hydrogens (tertiary/aromatic N) is 2. The van der Waals surface area contributed by atoms with Crippen LogP contribution in [0.15, 0.2) is 84.7 Å². The van der Waals surface area contributed by atoms with Crippen LogP contribution in [0.5, 0.6) is 0 Å². The molecule has 1 aliphatic heterocycles. The zero-order chi connectivity index (χ0) is 24.5. The lowest BCUT2D eigenvalue weighted by Crippen LogP contribution is -2.30. The number of benzene rings is 3. The van der Waals surface area contributed by atoms with Gasteiger partial charge in [-0.15, -0.1) is 0 Å². The van der Waals surface area contributed by atoms with E-state index in [1.54, 1.807) is 36.5 Å². The number of para-hydroxylation sites is 1. The van der Waals surface area contributed by atoms with Gasteiger partial charge in [0.2, 0.25) is 5.91 Å². The van der Waals surface area contributed by atoms with Gasteiger partial charge in [-0.3, -0.25) is 9.59 Å². The Balaban J connectivity index is 1.44. The van der Waals surface area contributed by atoms with Gasteiger partial charge in [0, 0.05) is 33.4 Å². The number of fused-ring (bicyclic) bond motifs is 1. The molecule has 4 aromatic rings. The second-order valence-corrected chi connectivity index (χ2v) is 8.69. The highest BCUT2D eigenvalue weighted by Gasteiger charge is 2.35. The zero-order valence-electron chi connectivity index (χ0n) is 18.8. The van der Waals surface area contributed by atoms with E-state index in [1.807, 2.05) is 60.0 Å². The summed E-state index contributed by atoms with van der Waals surface area (Å²) < 4.78 is 1.82. The number of halogens is 1. The first-order valence-corrected chi connectivity index (χ1v) is 11.3. The van der Waals surface area contributed by atoms with E-state index >= 15 is 0 Å². The lowest BCUT2D eigenvalue weighted by atomic mass is 10.1. The summed E-state index contributed by atoms with van der Waals surface area (Å²) in [6.45, 7) is 2.05. The second kappa shape index (κ2) is 9.12. The Morgan fingerprint density at radius 2 is 1.83 bits per heavy atom. The number of amides is 4. The summed E-state index contributed by atoms with van der Waals surface area (Å²) in [6, 6.07) is 21.2. The molecule has 1 aromatic heterocycles. The first-order valence-electron chi connectivity index (χ1n) is 11.0. The standard InChI is InChI=1S/C27H21ClN4O3/c1-17-6-4-8-20(12-17)29-25(33)16-31-15-18(22-10-2-3-11-24(22)31)13-23-26(34)32(27(35)30-23)21-9-5-7-19(28)14-21/h2-15H,16H2,1H3,(H,29,33)(H,30,35)/b23-13+. The molecule has 0 bridgehead atoms. The SMILES string of the molecule is Cc1cccc(NC(=O)Cn2cc(/C=C3/NC(=O)N(c4cccc(Cl)c4)C3=O)c3ccccc32)c1. The van der Waals surface area contributed by atoms with Crippen molar-refractivity contribution in [1.29, 1.82) is 0 Å². The summed E-state index contributed by atoms with van der Waals surface area (Å²) in [5.41, 5.74) is 3.86. The molecule has 4 amide bonds. The van der Waals surface area contributed by atoms with E-state index in [-0.39, 0.29) is 18.1 Å². The van der Waals surface area contributed by atoms with E-state index in [0.717, 1.165) is 27.1 Å². The number of carbonyl (C=O) groups excluding carboxylic acids is 3. The predicted octanol–water partition coefficient (Wildman–Crippen LogP) is 5.34. The molecular formula is C27H21ClN4O3. The minimum Gasteiger partial charge on any atom is -0.337 e. The van der Waals surface area contributed by atoms with E-state index in [4.69, 9.17) is 11.6 Å². The predicted molar refractivity (Wildman–Crippen MR) is 137 cm³/mol. The Morgan fingerprint density at radius 3 is 2.63 bits per heavy atom. The fourth-order valence-corrected chi connectivity index (χ4v) is 4.32. The van der Waals surface area contributed by atoms with Crippen LogP contribution in [-0.2, 0) is 16.1 Å². The molecule has 0 unspecified atom stereocenters. The first kappa shape index (κ1) is 22.4. The van der Waals surface area contributed by atoms with Crippen LogP contribution >= 0.6 is 11.6 Å². The molecule has 3 aromatic carbocycles. The van der Waals surface area contributed by atoms with Crippen LogP contribution in [0, 0.1) is 6.92 Å². The van der Waals surface area contributed by atoms with E-state index < -0.39 is 11.9 Å². The lowest BCUT2D eigenvalue weighted by Gasteiger charge is -2.11. The number of hydrogen-bond donors (Lipinski definition) is 2. The van der Waals surface area contributed by atoms with Crippen molar-refractivity contribution in [3.05, 3.63) is 101 Å². The normalized spacial score (nSPS) is 14.6. The van der Waals surface area contributed by atoms with Gasteiger partial charge in [-0.2, -0.15) is 0 Å². The molecule has 0 aliphatic carbocycles. The Hall–Kier alpha value is -4.36. The molecule has 2 N–H and O–H groups in total. The number of aromatic nitrogens is 1. The van der Waals surface area contributed by atoms with Crippen LogP contribution in [0.1, 0.15) is 11.1 Å². The highest BCUT2D eigenvalue weighted by atomic mass is 35.5. The van der Waals surface area contributed by atoms with Crippen molar-refractivity contribution < 1.29 is 14.4 Å². The van der Waals surface area contributed by atoms with Crippen LogP contribution in [0.3, 0.4) is 0 Å². The summed E-state index contributed by atoms with van der Waals surface area (Å²) in [7, 11) is 0. The maximum absolute atomic E-state index is 13.0. The molecule has 35 heavy (non-hydrogen) atoms. The fourth-order valence-electron chi connectivity index (χ4n) is 4.14. The molecule has 1 fully saturated rings. The zero-order valence-corrected chi connectivity index (χ0v) is 19.5. The molecule has 7 nitrogen and oxygen atoms in total. The molecule has 0 radical (unpaired) electrons. The monoisotopic (exact) mass is 484 g/mol. The lowest BCUT2D eigenvalue weighted by molar-refractivity contribution is -0.116. The molecule has 0 spiro atoms. The molecule has 0 saturated carbocycles. The summed E-state index contributed by atoms with van der Waals surface area (Å²) in [5, 5.41) is 6.83. The van der Waals surface area contributed by atoms with E-state index in [9.17, 15) is 14.4 Å². The fraction of sp³-hybridized carbons (Fsp3) is 0.0741. The van der Waals surface area contributed by atoms with E-state index in [0.29, 0.717) is 16.3 Å². The van der Waals surface area contributed by atoms with Crippen LogP contribution in [-0.4, -0.2) is 22.4 Å². The summed E-state index contributed by atoms with van der Waals surface area (Å²) in [5.74, 6) is -0.653. The van der Waals surface area contributed by atoms with Gasteiger partial charge < -0.3 is 15.2 Å². The number of rotatable bonds is 5. The van der Waals surface area contributed by atoms with Crippen molar-refractivity contribution in [1.82, 2.24) is 9.88 Å². The molecular weight excluding hydrogens is 464 g/mol. The van der Waals surface area contributed by atoms with Crippen molar-refractivity contribution in [3.8, 4) is 0 Å². The average Bonchev–Trinajstić information content (AvgIpc) is 3.30. The Morgan fingerprint density at radius 1 is 1.03 bits per heavy atom. The summed E-state index contributed by atoms with van der Waals surface area (Å²) in [4.78, 5) is 39.4. The molecule has 1 aliphatic rings. The van der Waals surface area contributed by atoms with Gasteiger partial charge in [0.1, 0.15) is 12.2 Å².